The molecule has 0 atom stereocenters. The second kappa shape index (κ2) is 8.25. The number of carboxylic acid groups (broad SMARTS) is 1. The van der Waals surface area contributed by atoms with Crippen LogP contribution in [-0.2, 0) is 4.79 Å². The molecule has 0 radical (unpaired) electrons. The van der Waals surface area contributed by atoms with Crippen LogP contribution in [0.5, 0.6) is 0 Å². The first-order valence-corrected chi connectivity index (χ1v) is 7.06. The van der Waals surface area contributed by atoms with E-state index in [1.165, 1.54) is 6.07 Å². The van der Waals surface area contributed by atoms with Crippen LogP contribution in [-0.4, -0.2) is 29.6 Å². The number of carbonyl (C=O) groups excluding carboxylic acids is 2. The van der Waals surface area contributed by atoms with Crippen molar-refractivity contribution in [1.82, 2.24) is 5.32 Å². The summed E-state index contributed by atoms with van der Waals surface area (Å²) in [6.45, 7) is 0.367. The largest absolute Gasteiger partial charge is 0.478 e. The minimum absolute atomic E-state index is 0.00625. The topological polar surface area (TPSA) is 122 Å². The fourth-order valence-corrected chi connectivity index (χ4v) is 2.08. The number of aromatic carboxylic acids is 1. The fraction of sp³-hybridized carbons (Fsp3) is 0.308. The quantitative estimate of drug-likeness (QED) is 0.556. The summed E-state index contributed by atoms with van der Waals surface area (Å²) in [6.07, 6.45) is 1.47. The third kappa shape index (κ3) is 5.82. The highest BCUT2D eigenvalue weighted by atomic mass is 79.9. The number of para-hydroxylation sites is 1. The van der Waals surface area contributed by atoms with Crippen LogP contribution < -0.4 is 16.4 Å². The van der Waals surface area contributed by atoms with Gasteiger partial charge in [-0.25, -0.2) is 9.59 Å². The van der Waals surface area contributed by atoms with Crippen LogP contribution in [0, 0.1) is 0 Å². The normalized spacial score (nSPS) is 9.95. The average Bonchev–Trinajstić information content (AvgIpc) is 2.40. The van der Waals surface area contributed by atoms with Crippen molar-refractivity contribution >= 4 is 39.5 Å². The lowest BCUT2D eigenvalue weighted by molar-refractivity contribution is -0.118. The van der Waals surface area contributed by atoms with Gasteiger partial charge in [0.2, 0.25) is 5.91 Å². The zero-order valence-electron chi connectivity index (χ0n) is 11.2. The first-order valence-electron chi connectivity index (χ1n) is 6.26. The number of primary amides is 1. The van der Waals surface area contributed by atoms with Crippen molar-refractivity contribution in [3.8, 4) is 0 Å². The Balaban J connectivity index is 2.52. The maximum absolute atomic E-state index is 11.7. The summed E-state index contributed by atoms with van der Waals surface area (Å²) < 4.78 is 0.478. The molecule has 114 valence electrons. The molecule has 7 nitrogen and oxygen atoms in total. The minimum Gasteiger partial charge on any atom is -0.478 e. The molecule has 5 N–H and O–H groups in total. The summed E-state index contributed by atoms with van der Waals surface area (Å²) in [5, 5.41) is 14.1. The van der Waals surface area contributed by atoms with E-state index in [0.717, 1.165) is 0 Å². The molecule has 0 bridgehead atoms. The maximum atomic E-state index is 11.7. The standard InChI is InChI=1S/C13H16BrN3O4/c14-9-5-3-4-8(12(19)20)11(9)17-13(21)16-7-2-1-6-10(15)18/h3-5H,1-2,6-7H2,(H2,15,18)(H,19,20)(H2,16,17,21). The van der Waals surface area contributed by atoms with E-state index in [4.69, 9.17) is 10.8 Å². The molecule has 0 fully saturated rings. The molecule has 0 aliphatic carbocycles. The molecule has 8 heteroatoms. The minimum atomic E-state index is -1.13. The van der Waals surface area contributed by atoms with E-state index < -0.39 is 12.0 Å². The summed E-state index contributed by atoms with van der Waals surface area (Å²) >= 11 is 3.20. The van der Waals surface area contributed by atoms with Crippen LogP contribution >= 0.6 is 15.9 Å². The van der Waals surface area contributed by atoms with E-state index in [2.05, 4.69) is 26.6 Å². The number of carboxylic acids is 1. The predicted octanol–water partition coefficient (Wildman–Crippen LogP) is 1.92. The Bertz CT molecular complexity index is 548. The van der Waals surface area contributed by atoms with Crippen molar-refractivity contribution in [3.05, 3.63) is 28.2 Å². The highest BCUT2D eigenvalue weighted by Gasteiger charge is 2.14. The first-order chi connectivity index (χ1) is 9.91. The second-order valence-electron chi connectivity index (χ2n) is 4.27. The number of unbranched alkanes of at least 4 members (excludes halogenated alkanes) is 1. The molecule has 0 spiro atoms. The Labute approximate surface area is 130 Å². The lowest BCUT2D eigenvalue weighted by Gasteiger charge is -2.11. The smallest absolute Gasteiger partial charge is 0.337 e. The molecule has 0 unspecified atom stereocenters. The number of anilines is 1. The Hall–Kier alpha value is -2.09. The van der Waals surface area contributed by atoms with Gasteiger partial charge in [0.15, 0.2) is 0 Å². The van der Waals surface area contributed by atoms with E-state index in [-0.39, 0.29) is 23.6 Å². The van der Waals surface area contributed by atoms with E-state index in [1.54, 1.807) is 12.1 Å². The van der Waals surface area contributed by atoms with E-state index >= 15 is 0 Å². The summed E-state index contributed by atoms with van der Waals surface area (Å²) in [6, 6.07) is 4.09. The van der Waals surface area contributed by atoms with Gasteiger partial charge in [-0.05, 0) is 40.9 Å². The van der Waals surface area contributed by atoms with Crippen LogP contribution in [0.3, 0.4) is 0 Å². The van der Waals surface area contributed by atoms with Gasteiger partial charge in [-0.2, -0.15) is 0 Å². The van der Waals surface area contributed by atoms with Gasteiger partial charge < -0.3 is 21.5 Å². The molecular formula is C13H16BrN3O4. The highest BCUT2D eigenvalue weighted by molar-refractivity contribution is 9.10. The third-order valence-electron chi connectivity index (χ3n) is 2.62. The summed E-state index contributed by atoms with van der Waals surface area (Å²) in [4.78, 5) is 33.3. The summed E-state index contributed by atoms with van der Waals surface area (Å²) in [5.74, 6) is -1.51. The second-order valence-corrected chi connectivity index (χ2v) is 5.13. The maximum Gasteiger partial charge on any atom is 0.337 e. The van der Waals surface area contributed by atoms with Crippen LogP contribution in [0.15, 0.2) is 22.7 Å². The summed E-state index contributed by atoms with van der Waals surface area (Å²) in [5.41, 5.74) is 5.19. The number of hydrogen-bond acceptors (Lipinski definition) is 3. The Morgan fingerprint density at radius 1 is 1.24 bits per heavy atom. The molecule has 21 heavy (non-hydrogen) atoms. The number of nitrogens with two attached hydrogens (primary N) is 1. The molecule has 0 saturated heterocycles. The SMILES string of the molecule is NC(=O)CCCCNC(=O)Nc1c(Br)cccc1C(=O)O. The molecular weight excluding hydrogens is 342 g/mol. The van der Waals surface area contributed by atoms with Crippen LogP contribution in [0.1, 0.15) is 29.6 Å². The van der Waals surface area contributed by atoms with Gasteiger partial charge in [-0.3, -0.25) is 4.79 Å². The van der Waals surface area contributed by atoms with E-state index in [1.807, 2.05) is 0 Å². The van der Waals surface area contributed by atoms with Crippen LogP contribution in [0.2, 0.25) is 0 Å². The Morgan fingerprint density at radius 3 is 2.57 bits per heavy atom. The number of rotatable bonds is 7. The van der Waals surface area contributed by atoms with Gasteiger partial charge in [0.1, 0.15) is 0 Å². The molecule has 1 aromatic carbocycles. The van der Waals surface area contributed by atoms with E-state index in [0.29, 0.717) is 23.9 Å². The number of benzene rings is 1. The van der Waals surface area contributed by atoms with Gasteiger partial charge in [0.25, 0.3) is 0 Å². The summed E-state index contributed by atoms with van der Waals surface area (Å²) in [7, 11) is 0. The van der Waals surface area contributed by atoms with Gasteiger partial charge >= 0.3 is 12.0 Å². The lowest BCUT2D eigenvalue weighted by atomic mass is 10.2. The number of amides is 3. The van der Waals surface area contributed by atoms with Gasteiger partial charge in [0.05, 0.1) is 11.3 Å². The van der Waals surface area contributed by atoms with Crippen molar-refractivity contribution < 1.29 is 19.5 Å². The molecule has 0 aliphatic heterocycles. The predicted molar refractivity (Wildman–Crippen MR) is 81.2 cm³/mol. The van der Waals surface area contributed by atoms with E-state index in [9.17, 15) is 14.4 Å². The molecule has 3 amide bonds. The van der Waals surface area contributed by atoms with Crippen molar-refractivity contribution in [3.63, 3.8) is 0 Å². The number of nitrogens with one attached hydrogen (secondary N) is 2. The van der Waals surface area contributed by atoms with Crippen molar-refractivity contribution in [2.45, 2.75) is 19.3 Å². The number of halogens is 1. The van der Waals surface area contributed by atoms with Gasteiger partial charge in [-0.15, -0.1) is 0 Å². The molecule has 1 rings (SSSR count). The third-order valence-corrected chi connectivity index (χ3v) is 3.28. The first kappa shape index (κ1) is 17.0. The monoisotopic (exact) mass is 357 g/mol. The number of hydrogen-bond donors (Lipinski definition) is 4. The average molecular weight is 358 g/mol. The Morgan fingerprint density at radius 2 is 1.95 bits per heavy atom. The molecule has 0 saturated carbocycles. The Kier molecular flexibility index (Phi) is 6.67. The van der Waals surface area contributed by atoms with Crippen LogP contribution in [0.25, 0.3) is 0 Å². The number of carbonyl (C=O) groups is 3. The molecule has 0 aliphatic rings. The lowest BCUT2D eigenvalue weighted by Crippen LogP contribution is -2.30. The van der Waals surface area contributed by atoms with Crippen molar-refractivity contribution in [2.24, 2.45) is 5.73 Å². The molecule has 0 heterocycles. The zero-order chi connectivity index (χ0) is 15.8. The zero-order valence-corrected chi connectivity index (χ0v) is 12.8. The van der Waals surface area contributed by atoms with Crippen molar-refractivity contribution in [1.29, 1.82) is 0 Å². The molecule has 0 aromatic heterocycles. The number of urea groups is 1. The molecule has 1 aromatic rings. The van der Waals surface area contributed by atoms with Crippen molar-refractivity contribution in [2.75, 3.05) is 11.9 Å². The van der Waals surface area contributed by atoms with Crippen LogP contribution in [0.4, 0.5) is 10.5 Å². The highest BCUT2D eigenvalue weighted by Crippen LogP contribution is 2.26. The van der Waals surface area contributed by atoms with Gasteiger partial charge in [-0.1, -0.05) is 6.07 Å². The fourth-order valence-electron chi connectivity index (χ4n) is 1.61. The van der Waals surface area contributed by atoms with Gasteiger partial charge in [0, 0.05) is 17.4 Å².